The summed E-state index contributed by atoms with van der Waals surface area (Å²) in [7, 11) is 5.37. The molecular weight excluding hydrogens is 747 g/mol. The van der Waals surface area contributed by atoms with Crippen LogP contribution in [-0.2, 0) is 39.8 Å². The summed E-state index contributed by atoms with van der Waals surface area (Å²) in [5.74, 6) is -3.80. The van der Waals surface area contributed by atoms with Crippen molar-refractivity contribution in [1.29, 1.82) is 0 Å². The number of carbonyl (C=O) groups excluding carboxylic acids is 3. The highest BCUT2D eigenvalue weighted by Gasteiger charge is 2.63. The van der Waals surface area contributed by atoms with Gasteiger partial charge in [0.1, 0.15) is 29.9 Å². The van der Waals surface area contributed by atoms with E-state index in [0.29, 0.717) is 38.8 Å². The molecule has 0 aromatic carbocycles. The van der Waals surface area contributed by atoms with Crippen molar-refractivity contribution >= 4 is 23.6 Å². The molecule has 2 aromatic heterocycles. The number of methoxy groups -OCH3 is 1. The third-order valence-electron chi connectivity index (χ3n) is 12.9. The van der Waals surface area contributed by atoms with Crippen LogP contribution in [0.2, 0.25) is 0 Å². The van der Waals surface area contributed by atoms with Gasteiger partial charge in [-0.25, -0.2) is 9.78 Å². The number of hydrogen-bond acceptors (Lipinski definition) is 14. The molecule has 3 fully saturated rings. The molecule has 1 amide bonds. The van der Waals surface area contributed by atoms with Gasteiger partial charge in [-0.15, -0.1) is 0 Å². The Kier molecular flexibility index (Phi) is 13.0. The molecule has 6 rings (SSSR count). The van der Waals surface area contributed by atoms with E-state index in [2.05, 4.69) is 16.9 Å². The monoisotopic (exact) mass is 809 g/mol. The second kappa shape index (κ2) is 17.3. The standard InChI is InChI=1S/C42H63N7O9/c1-12-32-42(8)36-26(4)33(45-48(49(36)40(53)58-42)19-15-18-47-22-30(44-23-47)29-16-13-14-17-43-29)24(2)21-41(7,54-11)37(27(5)34(50)28(6)38(52)56-32)57-39-35(51)31(46(9)10)20-25(3)55-39/h13-14,16-17,22-28,31-32,35-37,39,51H,12,15,18-21H2,1-11H3/t24-,25+,26+,27+,28-,31-,32-,35+,36-,37-,39-,41?,42-/m1/s1. The fourth-order valence-electron chi connectivity index (χ4n) is 9.64. The van der Waals surface area contributed by atoms with E-state index in [1.54, 1.807) is 36.7 Å². The molecule has 0 saturated carbocycles. The van der Waals surface area contributed by atoms with E-state index < -0.39 is 71.5 Å². The lowest BCUT2D eigenvalue weighted by Gasteiger charge is -2.49. The van der Waals surface area contributed by atoms with Gasteiger partial charge in [-0.2, -0.15) is 15.2 Å². The number of carbonyl (C=O) groups is 3. The van der Waals surface area contributed by atoms with E-state index in [1.165, 1.54) is 6.92 Å². The van der Waals surface area contributed by atoms with Gasteiger partial charge in [0, 0.05) is 49.6 Å². The lowest BCUT2D eigenvalue weighted by molar-refractivity contribution is -0.295. The number of Topliss-reactive ketones (excluding diaryl/α,β-unsaturated/α-hetero) is 1. The normalized spacial score (nSPS) is 37.4. The summed E-state index contributed by atoms with van der Waals surface area (Å²) < 4.78 is 33.7. The molecule has 2 bridgehead atoms. The van der Waals surface area contributed by atoms with Crippen LogP contribution in [0.4, 0.5) is 4.79 Å². The number of hydrogen-bond donors (Lipinski definition) is 1. The van der Waals surface area contributed by atoms with Crippen LogP contribution >= 0.6 is 0 Å². The molecular formula is C42H63N7O9. The molecule has 1 unspecified atom stereocenters. The van der Waals surface area contributed by atoms with Gasteiger partial charge in [-0.05, 0) is 85.5 Å². The SMILES string of the molecule is CC[C@H]1OC(=O)[C@H](C)C(=O)[C@H](C)[C@@H](O[C@H]2O[C@@H](C)C[C@@H](N(C)C)[C@@H]2O)C(C)(OC)C[C@@H](C)C2=NN(CCCn3cnc(-c4ccccn4)c3)N3C(=O)O[C@@]1(C)[C@H]3[C@H]2C. The molecule has 0 aliphatic carbocycles. The van der Waals surface area contributed by atoms with E-state index in [0.717, 1.165) is 17.1 Å². The van der Waals surface area contributed by atoms with Crippen molar-refractivity contribution < 1.29 is 43.2 Å². The fraction of sp³-hybridized carbons (Fsp3) is 0.714. The van der Waals surface area contributed by atoms with Gasteiger partial charge in [0.15, 0.2) is 17.7 Å². The smallest absolute Gasteiger partial charge is 0.431 e. The highest BCUT2D eigenvalue weighted by Crippen LogP contribution is 2.45. The van der Waals surface area contributed by atoms with Crippen LogP contribution in [0.5, 0.6) is 0 Å². The van der Waals surface area contributed by atoms with Crippen LogP contribution in [0.3, 0.4) is 0 Å². The van der Waals surface area contributed by atoms with E-state index >= 15 is 0 Å². The molecule has 0 radical (unpaired) electrons. The van der Waals surface area contributed by atoms with Gasteiger partial charge in [-0.3, -0.25) is 14.6 Å². The molecule has 4 aliphatic heterocycles. The van der Waals surface area contributed by atoms with Gasteiger partial charge < -0.3 is 38.3 Å². The van der Waals surface area contributed by atoms with Gasteiger partial charge in [0.05, 0.1) is 36.4 Å². The molecule has 1 N–H and O–H groups in total. The zero-order chi connectivity index (χ0) is 42.3. The number of hydrazine groups is 1. The molecule has 320 valence electrons. The number of pyridine rings is 1. The number of fused-ring (bicyclic) bond motifs is 1. The number of ether oxygens (including phenoxy) is 5. The fourth-order valence-corrected chi connectivity index (χ4v) is 9.64. The number of aromatic nitrogens is 3. The van der Waals surface area contributed by atoms with Crippen molar-refractivity contribution in [2.75, 3.05) is 27.7 Å². The summed E-state index contributed by atoms with van der Waals surface area (Å²) in [5.41, 5.74) is -0.0765. The number of nitrogens with zero attached hydrogens (tertiary/aromatic N) is 7. The van der Waals surface area contributed by atoms with E-state index in [4.69, 9.17) is 28.8 Å². The number of rotatable bonds is 10. The van der Waals surface area contributed by atoms with E-state index in [1.807, 2.05) is 82.6 Å². The molecule has 58 heavy (non-hydrogen) atoms. The summed E-state index contributed by atoms with van der Waals surface area (Å²) in [6.07, 6.45) is 2.60. The van der Waals surface area contributed by atoms with Crippen molar-refractivity contribution in [2.24, 2.45) is 28.8 Å². The third kappa shape index (κ3) is 8.27. The quantitative estimate of drug-likeness (QED) is 0.262. The molecule has 13 atom stereocenters. The van der Waals surface area contributed by atoms with Crippen molar-refractivity contribution in [1.82, 2.24) is 29.6 Å². The van der Waals surface area contributed by atoms with Crippen molar-refractivity contribution in [3.8, 4) is 11.4 Å². The summed E-state index contributed by atoms with van der Waals surface area (Å²) in [6.45, 7) is 15.8. The minimum Gasteiger partial charge on any atom is -0.457 e. The maximum atomic E-state index is 14.4. The Labute approximate surface area is 342 Å². The Hall–Kier alpha value is -3.96. The third-order valence-corrected chi connectivity index (χ3v) is 12.9. The Bertz CT molecular complexity index is 1810. The maximum absolute atomic E-state index is 14.4. The van der Waals surface area contributed by atoms with Crippen molar-refractivity contribution in [3.63, 3.8) is 0 Å². The first kappa shape index (κ1) is 43.6. The first-order valence-corrected chi connectivity index (χ1v) is 20.7. The maximum Gasteiger partial charge on any atom is 0.431 e. The minimum atomic E-state index is -1.27. The van der Waals surface area contributed by atoms with Crippen LogP contribution in [0.15, 0.2) is 42.0 Å². The summed E-state index contributed by atoms with van der Waals surface area (Å²) in [4.78, 5) is 53.2. The number of hydrazone groups is 1. The zero-order valence-electron chi connectivity index (χ0n) is 35.9. The number of amides is 1. The number of likely N-dealkylation sites (N-methyl/N-ethyl adjacent to an activating group) is 1. The number of aliphatic hydroxyl groups excluding tert-OH is 1. The summed E-state index contributed by atoms with van der Waals surface area (Å²) in [6, 6.07) is 4.85. The number of cyclic esters (lactones) is 1. The van der Waals surface area contributed by atoms with Crippen LogP contribution < -0.4 is 0 Å². The minimum absolute atomic E-state index is 0.230. The Balaban J connectivity index is 1.37. The average Bonchev–Trinajstić information content (AvgIpc) is 3.78. The van der Waals surface area contributed by atoms with Gasteiger partial charge in [-0.1, -0.05) is 33.8 Å². The van der Waals surface area contributed by atoms with E-state index in [-0.39, 0.29) is 24.0 Å². The molecule has 3 saturated heterocycles. The largest absolute Gasteiger partial charge is 0.457 e. The molecule has 0 spiro atoms. The van der Waals surface area contributed by atoms with Crippen molar-refractivity contribution in [3.05, 3.63) is 36.9 Å². The number of aryl methyl sites for hydroxylation is 1. The van der Waals surface area contributed by atoms with E-state index in [9.17, 15) is 19.5 Å². The molecule has 16 heteroatoms. The Morgan fingerprint density at radius 1 is 1.02 bits per heavy atom. The molecule has 6 heterocycles. The van der Waals surface area contributed by atoms with Gasteiger partial charge >= 0.3 is 12.1 Å². The lowest BCUT2D eigenvalue weighted by atomic mass is 9.73. The molecule has 2 aromatic rings. The predicted octanol–water partition coefficient (Wildman–Crippen LogP) is 4.56. The zero-order valence-corrected chi connectivity index (χ0v) is 35.9. The highest BCUT2D eigenvalue weighted by atomic mass is 16.7. The van der Waals surface area contributed by atoms with Crippen LogP contribution in [0.1, 0.15) is 81.1 Å². The summed E-state index contributed by atoms with van der Waals surface area (Å²) in [5, 5.41) is 20.0. The lowest BCUT2D eigenvalue weighted by Crippen LogP contribution is -2.63. The number of aliphatic hydroxyl groups is 1. The number of esters is 1. The summed E-state index contributed by atoms with van der Waals surface area (Å²) >= 11 is 0. The Morgan fingerprint density at radius 3 is 2.41 bits per heavy atom. The molecule has 4 aliphatic rings. The van der Waals surface area contributed by atoms with Crippen LogP contribution in [0.25, 0.3) is 11.4 Å². The number of ketones is 1. The highest BCUT2D eigenvalue weighted by molar-refractivity contribution is 6.00. The van der Waals surface area contributed by atoms with Crippen LogP contribution in [0, 0.1) is 23.7 Å². The van der Waals surface area contributed by atoms with Crippen LogP contribution in [-0.4, -0.2) is 140 Å². The second-order valence-electron chi connectivity index (χ2n) is 17.3. The second-order valence-corrected chi connectivity index (χ2v) is 17.3. The first-order chi connectivity index (χ1) is 27.4. The number of imidazole rings is 1. The molecule has 16 nitrogen and oxygen atoms in total. The average molecular weight is 810 g/mol. The van der Waals surface area contributed by atoms with Gasteiger partial charge in [0.25, 0.3) is 0 Å². The Morgan fingerprint density at radius 2 is 1.76 bits per heavy atom. The topological polar surface area (TPSA) is 170 Å². The predicted molar refractivity (Wildman–Crippen MR) is 214 cm³/mol. The first-order valence-electron chi connectivity index (χ1n) is 20.7. The van der Waals surface area contributed by atoms with Gasteiger partial charge in [0.2, 0.25) is 0 Å². The van der Waals surface area contributed by atoms with Crippen molar-refractivity contribution in [2.45, 2.75) is 142 Å².